The van der Waals surface area contributed by atoms with Gasteiger partial charge in [0.25, 0.3) is 0 Å². The van der Waals surface area contributed by atoms with Crippen molar-refractivity contribution in [3.63, 3.8) is 0 Å². The summed E-state index contributed by atoms with van der Waals surface area (Å²) < 4.78 is 0. The lowest BCUT2D eigenvalue weighted by atomic mass is 9.97. The number of halogens is 1. The third kappa shape index (κ3) is 4.47. The van der Waals surface area contributed by atoms with E-state index in [0.717, 1.165) is 24.6 Å². The van der Waals surface area contributed by atoms with Gasteiger partial charge in [-0.2, -0.15) is 0 Å². The summed E-state index contributed by atoms with van der Waals surface area (Å²) in [5.41, 5.74) is 0.226. The highest BCUT2D eigenvalue weighted by atomic mass is 35.5. The second kappa shape index (κ2) is 4.79. The number of nitrogens with zero attached hydrogens (tertiary/aromatic N) is 2. The first kappa shape index (κ1) is 12.2. The molecule has 1 heterocycles. The van der Waals surface area contributed by atoms with E-state index in [1.54, 1.807) is 6.07 Å². The maximum atomic E-state index is 5.89. The minimum Gasteiger partial charge on any atom is -0.369 e. The van der Waals surface area contributed by atoms with Crippen LogP contribution in [0.15, 0.2) is 6.07 Å². The van der Waals surface area contributed by atoms with E-state index >= 15 is 0 Å². The molecule has 4 heteroatoms. The normalized spacial score (nSPS) is 11.5. The number of aromatic nitrogens is 2. The zero-order valence-corrected chi connectivity index (χ0v) is 10.5. The molecule has 0 spiro atoms. The van der Waals surface area contributed by atoms with Crippen molar-refractivity contribution in [2.75, 3.05) is 11.9 Å². The number of aryl methyl sites for hydroxylation is 1. The molecule has 84 valence electrons. The monoisotopic (exact) mass is 227 g/mol. The number of rotatable bonds is 3. The van der Waals surface area contributed by atoms with Gasteiger partial charge in [-0.25, -0.2) is 9.97 Å². The van der Waals surface area contributed by atoms with Crippen LogP contribution in [0.25, 0.3) is 0 Å². The second-order valence-corrected chi connectivity index (χ2v) is 5.15. The highest BCUT2D eigenvalue weighted by molar-refractivity contribution is 6.29. The number of anilines is 1. The maximum Gasteiger partial charge on any atom is 0.134 e. The highest BCUT2D eigenvalue weighted by Gasteiger charge is 2.10. The number of hydrogen-bond acceptors (Lipinski definition) is 3. The lowest BCUT2D eigenvalue weighted by Gasteiger charge is -2.19. The molecule has 0 aliphatic rings. The third-order valence-corrected chi connectivity index (χ3v) is 2.05. The van der Waals surface area contributed by atoms with Crippen LogP contribution in [0.4, 0.5) is 5.82 Å². The van der Waals surface area contributed by atoms with Crippen LogP contribution in [0.1, 0.15) is 33.5 Å². The Morgan fingerprint density at radius 1 is 1.33 bits per heavy atom. The van der Waals surface area contributed by atoms with E-state index in [2.05, 4.69) is 36.1 Å². The van der Waals surface area contributed by atoms with Gasteiger partial charge in [0, 0.05) is 19.0 Å². The van der Waals surface area contributed by atoms with Crippen molar-refractivity contribution >= 4 is 17.4 Å². The van der Waals surface area contributed by atoms with Gasteiger partial charge in [0.1, 0.15) is 16.8 Å². The first-order chi connectivity index (χ1) is 6.90. The van der Waals surface area contributed by atoms with Crippen LogP contribution >= 0.6 is 11.6 Å². The topological polar surface area (TPSA) is 37.8 Å². The van der Waals surface area contributed by atoms with E-state index in [0.29, 0.717) is 5.15 Å². The summed E-state index contributed by atoms with van der Waals surface area (Å²) in [5.74, 6) is 1.58. The van der Waals surface area contributed by atoms with E-state index in [-0.39, 0.29) is 5.41 Å². The summed E-state index contributed by atoms with van der Waals surface area (Å²) in [4.78, 5) is 8.46. The highest BCUT2D eigenvalue weighted by Crippen LogP contribution is 2.16. The molecule has 0 aliphatic heterocycles. The van der Waals surface area contributed by atoms with Gasteiger partial charge in [0.05, 0.1) is 0 Å². The molecule has 0 unspecified atom stereocenters. The van der Waals surface area contributed by atoms with Gasteiger partial charge in [-0.05, 0) is 5.41 Å². The molecule has 0 saturated carbocycles. The molecule has 1 rings (SSSR count). The van der Waals surface area contributed by atoms with Crippen LogP contribution in [0.5, 0.6) is 0 Å². The summed E-state index contributed by atoms with van der Waals surface area (Å²) in [7, 11) is 0. The molecule has 0 saturated heterocycles. The molecular weight excluding hydrogens is 210 g/mol. The van der Waals surface area contributed by atoms with Crippen molar-refractivity contribution in [2.24, 2.45) is 5.41 Å². The van der Waals surface area contributed by atoms with Crippen LogP contribution in [0.2, 0.25) is 5.15 Å². The van der Waals surface area contributed by atoms with Gasteiger partial charge in [0.2, 0.25) is 0 Å². The summed E-state index contributed by atoms with van der Waals surface area (Å²) in [6.45, 7) is 9.39. The smallest absolute Gasteiger partial charge is 0.134 e. The fourth-order valence-electron chi connectivity index (χ4n) is 1.07. The van der Waals surface area contributed by atoms with Gasteiger partial charge in [0.15, 0.2) is 0 Å². The Kier molecular flexibility index (Phi) is 3.91. The van der Waals surface area contributed by atoms with Gasteiger partial charge < -0.3 is 5.32 Å². The summed E-state index contributed by atoms with van der Waals surface area (Å²) in [5, 5.41) is 3.76. The molecule has 0 aliphatic carbocycles. The molecule has 1 aromatic rings. The van der Waals surface area contributed by atoms with E-state index in [9.17, 15) is 0 Å². The molecule has 1 aromatic heterocycles. The molecule has 0 radical (unpaired) electrons. The Morgan fingerprint density at radius 3 is 2.53 bits per heavy atom. The quantitative estimate of drug-likeness (QED) is 0.807. The number of hydrogen-bond donors (Lipinski definition) is 1. The zero-order valence-electron chi connectivity index (χ0n) is 9.76. The average Bonchev–Trinajstić information content (AvgIpc) is 2.13. The lowest BCUT2D eigenvalue weighted by Crippen LogP contribution is -2.19. The molecule has 0 atom stereocenters. The van der Waals surface area contributed by atoms with E-state index in [1.165, 1.54) is 0 Å². The molecule has 0 aromatic carbocycles. The van der Waals surface area contributed by atoms with Crippen LogP contribution in [0.3, 0.4) is 0 Å². The molecule has 3 nitrogen and oxygen atoms in total. The summed E-state index contributed by atoms with van der Waals surface area (Å²) >= 11 is 5.89. The minimum absolute atomic E-state index is 0.226. The third-order valence-electron chi connectivity index (χ3n) is 1.86. The fourth-order valence-corrected chi connectivity index (χ4v) is 1.27. The van der Waals surface area contributed by atoms with Crippen LogP contribution in [-0.4, -0.2) is 16.5 Å². The first-order valence-electron chi connectivity index (χ1n) is 5.18. The van der Waals surface area contributed by atoms with Crippen molar-refractivity contribution in [2.45, 2.75) is 34.1 Å². The van der Waals surface area contributed by atoms with Crippen LogP contribution in [0, 0.1) is 5.41 Å². The Balaban J connectivity index is 2.73. The molecule has 1 N–H and O–H groups in total. The molecule has 0 amide bonds. The SMILES string of the molecule is CCc1nc(Cl)cc(NCC(C)(C)C)n1. The summed E-state index contributed by atoms with van der Waals surface area (Å²) in [6.07, 6.45) is 0.796. The molecule has 0 fully saturated rings. The minimum atomic E-state index is 0.226. The lowest BCUT2D eigenvalue weighted by molar-refractivity contribution is 0.442. The van der Waals surface area contributed by atoms with Crippen LogP contribution < -0.4 is 5.32 Å². The number of nitrogens with one attached hydrogen (secondary N) is 1. The van der Waals surface area contributed by atoms with E-state index in [1.807, 2.05) is 6.92 Å². The van der Waals surface area contributed by atoms with E-state index < -0.39 is 0 Å². The van der Waals surface area contributed by atoms with E-state index in [4.69, 9.17) is 11.6 Å². The van der Waals surface area contributed by atoms with Gasteiger partial charge in [-0.1, -0.05) is 39.3 Å². The van der Waals surface area contributed by atoms with Gasteiger partial charge in [-0.15, -0.1) is 0 Å². The van der Waals surface area contributed by atoms with Crippen molar-refractivity contribution < 1.29 is 0 Å². The van der Waals surface area contributed by atoms with Crippen molar-refractivity contribution in [3.05, 3.63) is 17.0 Å². The Labute approximate surface area is 96.3 Å². The van der Waals surface area contributed by atoms with Crippen molar-refractivity contribution in [1.82, 2.24) is 9.97 Å². The second-order valence-electron chi connectivity index (χ2n) is 4.76. The van der Waals surface area contributed by atoms with Crippen LogP contribution in [-0.2, 0) is 6.42 Å². The first-order valence-corrected chi connectivity index (χ1v) is 5.56. The van der Waals surface area contributed by atoms with Gasteiger partial charge in [-0.3, -0.25) is 0 Å². The Hall–Kier alpha value is -0.830. The Morgan fingerprint density at radius 2 is 2.00 bits per heavy atom. The zero-order chi connectivity index (χ0) is 11.5. The predicted octanol–water partition coefficient (Wildman–Crippen LogP) is 3.15. The molecular formula is C11H18ClN3. The maximum absolute atomic E-state index is 5.89. The summed E-state index contributed by atoms with van der Waals surface area (Å²) in [6, 6.07) is 1.76. The predicted molar refractivity (Wildman–Crippen MR) is 64.4 cm³/mol. The van der Waals surface area contributed by atoms with Crippen molar-refractivity contribution in [3.8, 4) is 0 Å². The fraction of sp³-hybridized carbons (Fsp3) is 0.636. The standard InChI is InChI=1S/C11H18ClN3/c1-5-9-14-8(12)6-10(15-9)13-7-11(2,3)4/h6H,5,7H2,1-4H3,(H,13,14,15). The van der Waals surface area contributed by atoms with Crippen molar-refractivity contribution in [1.29, 1.82) is 0 Å². The molecule has 0 bridgehead atoms. The largest absolute Gasteiger partial charge is 0.369 e. The Bertz CT molecular complexity index is 331. The molecule has 15 heavy (non-hydrogen) atoms. The van der Waals surface area contributed by atoms with Gasteiger partial charge >= 0.3 is 0 Å². The average molecular weight is 228 g/mol.